The summed E-state index contributed by atoms with van der Waals surface area (Å²) in [6, 6.07) is 10.6. The molecule has 0 amide bonds. The van der Waals surface area contributed by atoms with Gasteiger partial charge in [0.25, 0.3) is 5.56 Å². The summed E-state index contributed by atoms with van der Waals surface area (Å²) in [4.78, 5) is 23.4. The lowest BCUT2D eigenvalue weighted by atomic mass is 10.1. The summed E-state index contributed by atoms with van der Waals surface area (Å²) in [5.41, 5.74) is 1.79. The molecule has 0 spiro atoms. The van der Waals surface area contributed by atoms with Crippen LogP contribution in [0.2, 0.25) is 0 Å². The lowest BCUT2D eigenvalue weighted by Crippen LogP contribution is -2.27. The summed E-state index contributed by atoms with van der Waals surface area (Å²) >= 11 is 0. The number of carboxylic acids is 1. The van der Waals surface area contributed by atoms with Crippen molar-refractivity contribution < 1.29 is 15.0 Å². The molecule has 5 nitrogen and oxygen atoms in total. The molecule has 0 aliphatic rings. The first kappa shape index (κ1) is 15.0. The number of aryl methyl sites for hydroxylation is 1. The molecule has 1 aromatic heterocycles. The molecular weight excluding hydrogens is 270 g/mol. The lowest BCUT2D eigenvalue weighted by molar-refractivity contribution is 0.0694. The van der Waals surface area contributed by atoms with E-state index < -0.39 is 11.5 Å². The highest BCUT2D eigenvalue weighted by Crippen LogP contribution is 2.19. The molecule has 2 N–H and O–H groups in total. The van der Waals surface area contributed by atoms with Crippen molar-refractivity contribution in [2.75, 3.05) is 6.61 Å². The summed E-state index contributed by atoms with van der Waals surface area (Å²) in [7, 11) is 0. The van der Waals surface area contributed by atoms with Crippen LogP contribution in [0.1, 0.15) is 22.3 Å². The SMILES string of the molecule is Cc1ccc(-c2ccc(C(=O)O)c(=O)n2CCCO)cc1. The Bertz CT molecular complexity index is 701. The van der Waals surface area contributed by atoms with Crippen LogP contribution in [0.25, 0.3) is 11.3 Å². The van der Waals surface area contributed by atoms with Crippen LogP contribution in [-0.2, 0) is 6.54 Å². The van der Waals surface area contributed by atoms with Crippen molar-refractivity contribution in [3.05, 3.63) is 57.9 Å². The van der Waals surface area contributed by atoms with Gasteiger partial charge in [-0.15, -0.1) is 0 Å². The first-order chi connectivity index (χ1) is 10.0. The molecule has 110 valence electrons. The molecule has 0 unspecified atom stereocenters. The van der Waals surface area contributed by atoms with Gasteiger partial charge in [-0.3, -0.25) is 4.79 Å². The number of hydrogen-bond donors (Lipinski definition) is 2. The van der Waals surface area contributed by atoms with E-state index in [4.69, 9.17) is 10.2 Å². The van der Waals surface area contributed by atoms with Crippen molar-refractivity contribution in [1.29, 1.82) is 0 Å². The maximum atomic E-state index is 12.3. The molecule has 5 heteroatoms. The number of benzene rings is 1. The molecule has 1 heterocycles. The van der Waals surface area contributed by atoms with Gasteiger partial charge in [-0.2, -0.15) is 0 Å². The summed E-state index contributed by atoms with van der Waals surface area (Å²) in [5.74, 6) is -1.24. The Balaban J connectivity index is 2.59. The number of nitrogens with zero attached hydrogens (tertiary/aromatic N) is 1. The minimum Gasteiger partial charge on any atom is -0.477 e. The fraction of sp³-hybridized carbons (Fsp3) is 0.250. The van der Waals surface area contributed by atoms with Gasteiger partial charge in [0.1, 0.15) is 5.56 Å². The summed E-state index contributed by atoms with van der Waals surface area (Å²) in [6.45, 7) is 2.19. The van der Waals surface area contributed by atoms with Crippen molar-refractivity contribution >= 4 is 5.97 Å². The second-order valence-corrected chi connectivity index (χ2v) is 4.84. The van der Waals surface area contributed by atoms with Crippen LogP contribution < -0.4 is 5.56 Å². The van der Waals surface area contributed by atoms with Gasteiger partial charge in [0, 0.05) is 13.2 Å². The van der Waals surface area contributed by atoms with Gasteiger partial charge >= 0.3 is 5.97 Å². The zero-order valence-electron chi connectivity index (χ0n) is 11.7. The molecule has 21 heavy (non-hydrogen) atoms. The monoisotopic (exact) mass is 287 g/mol. The molecular formula is C16H17NO4. The summed E-state index contributed by atoms with van der Waals surface area (Å²) in [5, 5.41) is 18.0. The highest BCUT2D eigenvalue weighted by atomic mass is 16.4. The number of carbonyl (C=O) groups is 1. The Hall–Kier alpha value is -2.40. The summed E-state index contributed by atoms with van der Waals surface area (Å²) in [6.07, 6.45) is 0.391. The van der Waals surface area contributed by atoms with Crippen LogP contribution in [-0.4, -0.2) is 27.4 Å². The van der Waals surface area contributed by atoms with Crippen molar-refractivity contribution in [2.45, 2.75) is 19.9 Å². The number of pyridine rings is 1. The van der Waals surface area contributed by atoms with Gasteiger partial charge in [-0.05, 0) is 31.0 Å². The molecule has 0 aliphatic heterocycles. The first-order valence-electron chi connectivity index (χ1n) is 6.69. The third-order valence-electron chi connectivity index (χ3n) is 3.29. The number of aliphatic hydroxyl groups is 1. The Labute approximate surface area is 122 Å². The van der Waals surface area contributed by atoms with Gasteiger partial charge in [0.2, 0.25) is 0 Å². The minimum absolute atomic E-state index is 0.0585. The van der Waals surface area contributed by atoms with Crippen molar-refractivity contribution in [1.82, 2.24) is 4.57 Å². The average Bonchev–Trinajstić information content (AvgIpc) is 2.46. The topological polar surface area (TPSA) is 79.5 Å². The van der Waals surface area contributed by atoms with Gasteiger partial charge in [0.05, 0.1) is 5.69 Å². The Kier molecular flexibility index (Phi) is 4.55. The average molecular weight is 287 g/mol. The molecule has 0 aliphatic carbocycles. The normalized spacial score (nSPS) is 10.6. The van der Waals surface area contributed by atoms with Crippen LogP contribution in [0.4, 0.5) is 0 Å². The molecule has 0 atom stereocenters. The van der Waals surface area contributed by atoms with E-state index in [0.717, 1.165) is 11.1 Å². The number of aromatic nitrogens is 1. The van der Waals surface area contributed by atoms with Crippen LogP contribution in [0.5, 0.6) is 0 Å². The number of aliphatic hydroxyl groups excluding tert-OH is 1. The second-order valence-electron chi connectivity index (χ2n) is 4.84. The number of rotatable bonds is 5. The van der Waals surface area contributed by atoms with Gasteiger partial charge in [-0.25, -0.2) is 4.79 Å². The third kappa shape index (κ3) is 3.20. The largest absolute Gasteiger partial charge is 0.477 e. The van der Waals surface area contributed by atoms with Gasteiger partial charge < -0.3 is 14.8 Å². The maximum absolute atomic E-state index is 12.3. The molecule has 2 rings (SSSR count). The van der Waals surface area contributed by atoms with Crippen molar-refractivity contribution in [2.24, 2.45) is 0 Å². The smallest absolute Gasteiger partial charge is 0.341 e. The van der Waals surface area contributed by atoms with E-state index in [9.17, 15) is 9.59 Å². The van der Waals surface area contributed by atoms with E-state index >= 15 is 0 Å². The highest BCUT2D eigenvalue weighted by Gasteiger charge is 2.14. The molecule has 1 aromatic carbocycles. The van der Waals surface area contributed by atoms with E-state index in [1.807, 2.05) is 31.2 Å². The molecule has 0 radical (unpaired) electrons. The van der Waals surface area contributed by atoms with E-state index in [1.54, 1.807) is 6.07 Å². The van der Waals surface area contributed by atoms with Gasteiger partial charge in [-0.1, -0.05) is 29.8 Å². The summed E-state index contributed by atoms with van der Waals surface area (Å²) < 4.78 is 1.41. The Morgan fingerprint density at radius 2 is 1.81 bits per heavy atom. The predicted octanol–water partition coefficient (Wildman–Crippen LogP) is 1.90. The number of carboxylic acid groups (broad SMARTS) is 1. The second kappa shape index (κ2) is 6.37. The van der Waals surface area contributed by atoms with Crippen LogP contribution in [0, 0.1) is 6.92 Å². The first-order valence-corrected chi connectivity index (χ1v) is 6.69. The van der Waals surface area contributed by atoms with Crippen molar-refractivity contribution in [3.63, 3.8) is 0 Å². The molecule has 2 aromatic rings. The van der Waals surface area contributed by atoms with Crippen molar-refractivity contribution in [3.8, 4) is 11.3 Å². The highest BCUT2D eigenvalue weighted by molar-refractivity contribution is 5.87. The standard InChI is InChI=1S/C16H17NO4/c1-11-3-5-12(6-4-11)14-8-7-13(16(20)21)15(19)17(14)9-2-10-18/h3-8,18H,2,9-10H2,1H3,(H,20,21). The minimum atomic E-state index is -1.24. The van der Waals surface area contributed by atoms with E-state index in [2.05, 4.69) is 0 Å². The fourth-order valence-corrected chi connectivity index (χ4v) is 2.17. The van der Waals surface area contributed by atoms with Crippen LogP contribution >= 0.6 is 0 Å². The zero-order chi connectivity index (χ0) is 15.4. The van der Waals surface area contributed by atoms with Crippen LogP contribution in [0.3, 0.4) is 0 Å². The lowest BCUT2D eigenvalue weighted by Gasteiger charge is -2.13. The molecule has 0 bridgehead atoms. The third-order valence-corrected chi connectivity index (χ3v) is 3.29. The van der Waals surface area contributed by atoms with Gasteiger partial charge in [0.15, 0.2) is 0 Å². The maximum Gasteiger partial charge on any atom is 0.341 e. The molecule has 0 saturated carbocycles. The Morgan fingerprint density at radius 3 is 2.38 bits per heavy atom. The fourth-order valence-electron chi connectivity index (χ4n) is 2.17. The number of aromatic carboxylic acids is 1. The number of hydrogen-bond acceptors (Lipinski definition) is 3. The Morgan fingerprint density at radius 1 is 1.14 bits per heavy atom. The molecule has 0 saturated heterocycles. The van der Waals surface area contributed by atoms with E-state index in [0.29, 0.717) is 12.1 Å². The molecule has 0 fully saturated rings. The van der Waals surface area contributed by atoms with Crippen LogP contribution in [0.15, 0.2) is 41.2 Å². The zero-order valence-corrected chi connectivity index (χ0v) is 11.7. The van der Waals surface area contributed by atoms with E-state index in [-0.39, 0.29) is 18.7 Å². The van der Waals surface area contributed by atoms with E-state index in [1.165, 1.54) is 10.6 Å². The quantitative estimate of drug-likeness (QED) is 0.880. The predicted molar refractivity (Wildman–Crippen MR) is 79.5 cm³/mol.